The number of halogens is 3. The van der Waals surface area contributed by atoms with Crippen LogP contribution in [0.3, 0.4) is 0 Å². The van der Waals surface area contributed by atoms with Crippen LogP contribution in [0, 0.1) is 11.6 Å². The van der Waals surface area contributed by atoms with Crippen LogP contribution in [0.5, 0.6) is 0 Å². The minimum atomic E-state index is -0.499. The van der Waals surface area contributed by atoms with Crippen LogP contribution in [0.25, 0.3) is 0 Å². The Morgan fingerprint density at radius 1 is 1.30 bits per heavy atom. The smallest absolute Gasteiger partial charge is 0.145 e. The van der Waals surface area contributed by atoms with E-state index in [-0.39, 0.29) is 16.9 Å². The van der Waals surface area contributed by atoms with Gasteiger partial charge in [-0.3, -0.25) is 0 Å². The van der Waals surface area contributed by atoms with Crippen LogP contribution in [-0.4, -0.2) is 28.6 Å². The van der Waals surface area contributed by atoms with Gasteiger partial charge in [0.1, 0.15) is 11.6 Å². The normalized spacial score (nSPS) is 28.4. The maximum absolute atomic E-state index is 14.3. The molecule has 0 aromatic heterocycles. The quantitative estimate of drug-likeness (QED) is 0.767. The predicted octanol–water partition coefficient (Wildman–Crippen LogP) is 4.61. The summed E-state index contributed by atoms with van der Waals surface area (Å²) in [6.45, 7) is 4.38. The van der Waals surface area contributed by atoms with Crippen molar-refractivity contribution in [2.24, 2.45) is 0 Å². The Balaban J connectivity index is 2.31. The van der Waals surface area contributed by atoms with E-state index < -0.39 is 11.6 Å². The van der Waals surface area contributed by atoms with Crippen molar-refractivity contribution in [2.75, 3.05) is 12.8 Å². The summed E-state index contributed by atoms with van der Waals surface area (Å²) in [6, 6.07) is 2.41. The topological polar surface area (TPSA) is 12.0 Å². The van der Waals surface area contributed by atoms with Gasteiger partial charge >= 0.3 is 0 Å². The summed E-state index contributed by atoms with van der Waals surface area (Å²) in [5.74, 6) is -0.0873. The molecule has 4 atom stereocenters. The molecule has 20 heavy (non-hydrogen) atoms. The molecule has 0 saturated carbocycles. The molecule has 1 aliphatic heterocycles. The van der Waals surface area contributed by atoms with Crippen molar-refractivity contribution in [1.82, 2.24) is 5.32 Å². The summed E-state index contributed by atoms with van der Waals surface area (Å²) >= 11 is 6.83. The van der Waals surface area contributed by atoms with Gasteiger partial charge in [-0.25, -0.2) is 8.78 Å². The van der Waals surface area contributed by atoms with Crippen LogP contribution >= 0.6 is 39.5 Å². The molecule has 1 aromatic rings. The lowest BCUT2D eigenvalue weighted by Crippen LogP contribution is -2.36. The van der Waals surface area contributed by atoms with Gasteiger partial charge in [0, 0.05) is 27.1 Å². The molecule has 0 amide bonds. The minimum Gasteiger partial charge on any atom is -0.312 e. The first-order valence-corrected chi connectivity index (χ1v) is 9.31. The first-order chi connectivity index (χ1) is 9.45. The van der Waals surface area contributed by atoms with Crippen molar-refractivity contribution in [1.29, 1.82) is 0 Å². The predicted molar refractivity (Wildman–Crippen MR) is 88.6 cm³/mol. The van der Waals surface area contributed by atoms with Gasteiger partial charge in [-0.2, -0.15) is 23.5 Å². The summed E-state index contributed by atoms with van der Waals surface area (Å²) in [5.41, 5.74) is 0.140. The first kappa shape index (κ1) is 16.6. The molecule has 112 valence electrons. The van der Waals surface area contributed by atoms with Gasteiger partial charge in [0.15, 0.2) is 0 Å². The standard InChI is InChI=1S/C14H18BrF2NS2/c1-7-8(2)20-11(6-19-7)14(18-3)12-10(16)5-4-9(15)13(12)17/h4-5,7-8,11,14,18H,6H2,1-3H3. The van der Waals surface area contributed by atoms with Crippen LogP contribution < -0.4 is 5.32 Å². The fraction of sp³-hybridized carbons (Fsp3) is 0.571. The Labute approximate surface area is 135 Å². The molecule has 6 heteroatoms. The molecule has 1 nitrogen and oxygen atoms in total. The van der Waals surface area contributed by atoms with E-state index >= 15 is 0 Å². The summed E-state index contributed by atoms with van der Waals surface area (Å²) in [4.78, 5) is 0. The molecule has 0 aliphatic carbocycles. The van der Waals surface area contributed by atoms with E-state index in [1.54, 1.807) is 7.05 Å². The van der Waals surface area contributed by atoms with E-state index in [1.165, 1.54) is 12.1 Å². The second-order valence-corrected chi connectivity index (χ2v) is 8.83. The van der Waals surface area contributed by atoms with Crippen molar-refractivity contribution in [2.45, 2.75) is 35.6 Å². The summed E-state index contributed by atoms with van der Waals surface area (Å²) in [6.07, 6.45) is 0. The molecule has 2 rings (SSSR count). The molecule has 1 aromatic carbocycles. The highest BCUT2D eigenvalue weighted by Gasteiger charge is 2.34. The molecule has 0 radical (unpaired) electrons. The van der Waals surface area contributed by atoms with E-state index in [9.17, 15) is 8.78 Å². The van der Waals surface area contributed by atoms with Crippen molar-refractivity contribution in [3.8, 4) is 0 Å². The van der Waals surface area contributed by atoms with Gasteiger partial charge in [-0.1, -0.05) is 13.8 Å². The number of benzene rings is 1. The Morgan fingerprint density at radius 2 is 2.00 bits per heavy atom. The largest absolute Gasteiger partial charge is 0.312 e. The van der Waals surface area contributed by atoms with E-state index in [2.05, 4.69) is 35.1 Å². The molecule has 1 saturated heterocycles. The molecular formula is C14H18BrF2NS2. The molecule has 4 unspecified atom stereocenters. The number of rotatable bonds is 3. The summed E-state index contributed by atoms with van der Waals surface area (Å²) in [7, 11) is 1.76. The third-order valence-electron chi connectivity index (χ3n) is 3.65. The first-order valence-electron chi connectivity index (χ1n) is 6.53. The van der Waals surface area contributed by atoms with Crippen molar-refractivity contribution in [3.05, 3.63) is 33.8 Å². The molecule has 1 N–H and O–H groups in total. The van der Waals surface area contributed by atoms with Crippen LogP contribution in [0.4, 0.5) is 8.78 Å². The highest BCUT2D eigenvalue weighted by atomic mass is 79.9. The second-order valence-electron chi connectivity index (χ2n) is 4.94. The second kappa shape index (κ2) is 6.99. The van der Waals surface area contributed by atoms with E-state index in [1.807, 2.05) is 23.5 Å². The zero-order valence-corrected chi connectivity index (χ0v) is 14.8. The lowest BCUT2D eigenvalue weighted by molar-refractivity contribution is 0.486. The van der Waals surface area contributed by atoms with Gasteiger partial charge in [-0.05, 0) is 35.1 Å². The summed E-state index contributed by atoms with van der Waals surface area (Å²) < 4.78 is 28.7. The Hall–Kier alpha value is 0.220. The highest BCUT2D eigenvalue weighted by molar-refractivity contribution is 9.10. The fourth-order valence-electron chi connectivity index (χ4n) is 2.33. The van der Waals surface area contributed by atoms with Crippen LogP contribution in [0.15, 0.2) is 16.6 Å². The Morgan fingerprint density at radius 3 is 2.60 bits per heavy atom. The lowest BCUT2D eigenvalue weighted by atomic mass is 10.0. The average Bonchev–Trinajstić information content (AvgIpc) is 2.42. The van der Waals surface area contributed by atoms with Gasteiger partial charge in [0.2, 0.25) is 0 Å². The van der Waals surface area contributed by atoms with Crippen molar-refractivity contribution < 1.29 is 8.78 Å². The van der Waals surface area contributed by atoms with E-state index in [0.29, 0.717) is 15.0 Å². The lowest BCUT2D eigenvalue weighted by Gasteiger charge is -2.36. The van der Waals surface area contributed by atoms with Gasteiger partial charge < -0.3 is 5.32 Å². The molecule has 1 heterocycles. The molecule has 1 fully saturated rings. The zero-order valence-electron chi connectivity index (χ0n) is 11.6. The van der Waals surface area contributed by atoms with Gasteiger partial charge in [-0.15, -0.1) is 0 Å². The average molecular weight is 382 g/mol. The SMILES string of the molecule is CNC(c1c(F)ccc(Br)c1F)C1CSC(C)C(C)S1. The third-order valence-corrected chi connectivity index (χ3v) is 7.75. The fourth-order valence-corrected chi connectivity index (χ4v) is 5.81. The molecule has 0 spiro atoms. The number of thioether (sulfide) groups is 2. The number of hydrogen-bond donors (Lipinski definition) is 1. The molecular weight excluding hydrogens is 364 g/mol. The third kappa shape index (κ3) is 3.34. The maximum Gasteiger partial charge on any atom is 0.145 e. The van der Waals surface area contributed by atoms with Crippen LogP contribution in [-0.2, 0) is 0 Å². The van der Waals surface area contributed by atoms with Gasteiger partial charge in [0.25, 0.3) is 0 Å². The Bertz CT molecular complexity index is 486. The summed E-state index contributed by atoms with van der Waals surface area (Å²) in [5, 5.41) is 4.31. The van der Waals surface area contributed by atoms with E-state index in [0.717, 1.165) is 5.75 Å². The maximum atomic E-state index is 14.3. The monoisotopic (exact) mass is 381 g/mol. The highest BCUT2D eigenvalue weighted by Crippen LogP contribution is 2.42. The zero-order chi connectivity index (χ0) is 14.9. The van der Waals surface area contributed by atoms with Crippen LogP contribution in [0.2, 0.25) is 0 Å². The van der Waals surface area contributed by atoms with E-state index in [4.69, 9.17) is 0 Å². The van der Waals surface area contributed by atoms with Gasteiger partial charge in [0.05, 0.1) is 10.5 Å². The number of hydrogen-bond acceptors (Lipinski definition) is 3. The van der Waals surface area contributed by atoms with Crippen LogP contribution in [0.1, 0.15) is 25.5 Å². The molecule has 0 bridgehead atoms. The van der Waals surface area contributed by atoms with Crippen molar-refractivity contribution >= 4 is 39.5 Å². The number of nitrogens with one attached hydrogen (secondary N) is 1. The molecule has 1 aliphatic rings. The Kier molecular flexibility index (Phi) is 5.79. The minimum absolute atomic E-state index is 0.140. The van der Waals surface area contributed by atoms with Crippen molar-refractivity contribution in [3.63, 3.8) is 0 Å².